The molecule has 1 aliphatic heterocycles. The van der Waals surface area contributed by atoms with Crippen molar-refractivity contribution in [3.8, 4) is 17.0 Å². The topological polar surface area (TPSA) is 47.4 Å². The van der Waals surface area contributed by atoms with Gasteiger partial charge in [-0.05, 0) is 42.2 Å². The summed E-state index contributed by atoms with van der Waals surface area (Å²) in [6.07, 6.45) is 2.82. The van der Waals surface area contributed by atoms with E-state index in [1.54, 1.807) is 6.20 Å². The molecular weight excluding hydrogens is 362 g/mol. The zero-order valence-corrected chi connectivity index (χ0v) is 17.0. The maximum Gasteiger partial charge on any atom is 0.289 e. The Bertz CT molecular complexity index is 962. The van der Waals surface area contributed by atoms with Crippen molar-refractivity contribution in [2.45, 2.75) is 33.4 Å². The van der Waals surface area contributed by atoms with E-state index in [9.17, 15) is 4.79 Å². The number of aromatic nitrogens is 2. The summed E-state index contributed by atoms with van der Waals surface area (Å²) < 4.78 is 7.91. The van der Waals surface area contributed by atoms with Crippen LogP contribution < -0.4 is 4.74 Å². The highest BCUT2D eigenvalue weighted by Crippen LogP contribution is 2.26. The Labute approximate surface area is 171 Å². The summed E-state index contributed by atoms with van der Waals surface area (Å²) in [5.74, 6) is 1.99. The lowest BCUT2D eigenvalue weighted by molar-refractivity contribution is 0.0690. The van der Waals surface area contributed by atoms with Crippen LogP contribution in [0.3, 0.4) is 0 Å². The first-order chi connectivity index (χ1) is 14.1. The van der Waals surface area contributed by atoms with Crippen LogP contribution in [0.4, 0.5) is 0 Å². The van der Waals surface area contributed by atoms with Crippen molar-refractivity contribution >= 4 is 5.91 Å². The molecule has 0 saturated carbocycles. The van der Waals surface area contributed by atoms with Crippen molar-refractivity contribution in [1.82, 2.24) is 14.5 Å². The molecule has 1 aliphatic rings. The fraction of sp³-hybridized carbons (Fsp3) is 0.333. The maximum absolute atomic E-state index is 12.8. The van der Waals surface area contributed by atoms with Crippen LogP contribution in [0.25, 0.3) is 11.3 Å². The molecule has 5 heteroatoms. The van der Waals surface area contributed by atoms with Crippen molar-refractivity contribution in [2.24, 2.45) is 5.92 Å². The van der Waals surface area contributed by atoms with E-state index in [1.807, 2.05) is 64.1 Å². The number of benzene rings is 2. The highest BCUT2D eigenvalue weighted by Gasteiger charge is 2.27. The number of hydrogen-bond donors (Lipinski definition) is 0. The van der Waals surface area contributed by atoms with Gasteiger partial charge in [0, 0.05) is 25.2 Å². The van der Waals surface area contributed by atoms with Crippen LogP contribution in [0.5, 0.6) is 5.75 Å². The Hall–Kier alpha value is -3.08. The molecule has 0 atom stereocenters. The number of ether oxygens (including phenoxy) is 1. The number of imidazole rings is 1. The lowest BCUT2D eigenvalue weighted by Crippen LogP contribution is -2.41. The van der Waals surface area contributed by atoms with E-state index in [4.69, 9.17) is 4.74 Å². The van der Waals surface area contributed by atoms with E-state index in [1.165, 1.54) is 0 Å². The smallest absolute Gasteiger partial charge is 0.289 e. The molecule has 4 rings (SSSR count). The summed E-state index contributed by atoms with van der Waals surface area (Å²) in [7, 11) is 0. The van der Waals surface area contributed by atoms with Gasteiger partial charge in [0.2, 0.25) is 0 Å². The largest absolute Gasteiger partial charge is 0.489 e. The second-order valence-electron chi connectivity index (χ2n) is 7.89. The second-order valence-corrected chi connectivity index (χ2v) is 7.89. The van der Waals surface area contributed by atoms with E-state index in [2.05, 4.69) is 18.8 Å². The highest BCUT2D eigenvalue weighted by atomic mass is 16.5. The first-order valence-corrected chi connectivity index (χ1v) is 10.2. The van der Waals surface area contributed by atoms with Crippen LogP contribution >= 0.6 is 0 Å². The average Bonchev–Trinajstić information content (AvgIpc) is 3.18. The van der Waals surface area contributed by atoms with Crippen LogP contribution in [0.2, 0.25) is 0 Å². The lowest BCUT2D eigenvalue weighted by Gasteiger charge is -2.28. The van der Waals surface area contributed by atoms with Crippen molar-refractivity contribution in [3.63, 3.8) is 0 Å². The van der Waals surface area contributed by atoms with E-state index in [0.29, 0.717) is 18.3 Å². The first-order valence-electron chi connectivity index (χ1n) is 10.2. The third-order valence-corrected chi connectivity index (χ3v) is 5.30. The number of fused-ring (bicyclic) bond motifs is 1. The summed E-state index contributed by atoms with van der Waals surface area (Å²) in [6.45, 7) is 7.22. The standard InChI is InChI=1S/C24H27N3O2/c1-18(2)12-13-26-14-15-27-22(16-25-23(27)24(26)28)20-8-10-21(11-9-20)29-17-19-6-4-3-5-7-19/h3-11,16,18H,12-15,17H2,1-2H3. The van der Waals surface area contributed by atoms with E-state index >= 15 is 0 Å². The molecule has 5 nitrogen and oxygen atoms in total. The third-order valence-electron chi connectivity index (χ3n) is 5.30. The average molecular weight is 389 g/mol. The van der Waals surface area contributed by atoms with Gasteiger partial charge in [-0.15, -0.1) is 0 Å². The summed E-state index contributed by atoms with van der Waals surface area (Å²) >= 11 is 0. The zero-order valence-electron chi connectivity index (χ0n) is 17.0. The predicted molar refractivity (Wildman–Crippen MR) is 114 cm³/mol. The maximum atomic E-state index is 12.8. The quantitative estimate of drug-likeness (QED) is 0.592. The Morgan fingerprint density at radius 3 is 2.52 bits per heavy atom. The van der Waals surface area contributed by atoms with Gasteiger partial charge in [0.15, 0.2) is 5.82 Å². The molecule has 0 fully saturated rings. The minimum atomic E-state index is 0.0333. The van der Waals surface area contributed by atoms with E-state index in [0.717, 1.165) is 48.6 Å². The molecule has 0 radical (unpaired) electrons. The summed E-state index contributed by atoms with van der Waals surface area (Å²) in [5, 5.41) is 0. The third kappa shape index (κ3) is 4.34. The van der Waals surface area contributed by atoms with Gasteiger partial charge in [0.1, 0.15) is 12.4 Å². The van der Waals surface area contributed by atoms with Gasteiger partial charge in [0.25, 0.3) is 5.91 Å². The molecule has 1 amide bonds. The summed E-state index contributed by atoms with van der Waals surface area (Å²) in [6, 6.07) is 18.1. The van der Waals surface area contributed by atoms with Crippen molar-refractivity contribution < 1.29 is 9.53 Å². The summed E-state index contributed by atoms with van der Waals surface area (Å²) in [5.41, 5.74) is 3.16. The second kappa shape index (κ2) is 8.52. The Balaban J connectivity index is 1.45. The van der Waals surface area contributed by atoms with Gasteiger partial charge in [-0.1, -0.05) is 44.2 Å². The number of nitrogens with zero attached hydrogens (tertiary/aromatic N) is 3. The normalized spacial score (nSPS) is 13.6. The van der Waals surface area contributed by atoms with Gasteiger partial charge < -0.3 is 14.2 Å². The van der Waals surface area contributed by atoms with E-state index in [-0.39, 0.29) is 5.91 Å². The molecule has 0 unspecified atom stereocenters. The molecule has 150 valence electrons. The molecule has 2 aromatic carbocycles. The Morgan fingerprint density at radius 2 is 1.79 bits per heavy atom. The molecule has 0 N–H and O–H groups in total. The van der Waals surface area contributed by atoms with Crippen LogP contribution in [-0.4, -0.2) is 33.4 Å². The van der Waals surface area contributed by atoms with Gasteiger partial charge in [0.05, 0.1) is 11.9 Å². The fourth-order valence-corrected chi connectivity index (χ4v) is 3.56. The van der Waals surface area contributed by atoms with Gasteiger partial charge in [-0.3, -0.25) is 4.79 Å². The molecule has 0 saturated heterocycles. The Kier molecular flexibility index (Phi) is 5.65. The molecule has 1 aromatic heterocycles. The molecular formula is C24H27N3O2. The summed E-state index contributed by atoms with van der Waals surface area (Å²) in [4.78, 5) is 19.1. The minimum absolute atomic E-state index is 0.0333. The molecule has 0 bridgehead atoms. The number of carbonyl (C=O) groups excluding carboxylic acids is 1. The van der Waals surface area contributed by atoms with Crippen LogP contribution in [0, 0.1) is 5.92 Å². The van der Waals surface area contributed by atoms with Crippen molar-refractivity contribution in [2.75, 3.05) is 13.1 Å². The van der Waals surface area contributed by atoms with Crippen LogP contribution in [-0.2, 0) is 13.2 Å². The number of amides is 1. The van der Waals surface area contributed by atoms with Gasteiger partial charge >= 0.3 is 0 Å². The molecule has 0 spiro atoms. The monoisotopic (exact) mass is 389 g/mol. The zero-order chi connectivity index (χ0) is 20.2. The number of carbonyl (C=O) groups is 1. The molecule has 0 aliphatic carbocycles. The fourth-order valence-electron chi connectivity index (χ4n) is 3.56. The minimum Gasteiger partial charge on any atom is -0.489 e. The van der Waals surface area contributed by atoms with Crippen LogP contribution in [0.15, 0.2) is 60.8 Å². The molecule has 29 heavy (non-hydrogen) atoms. The SMILES string of the molecule is CC(C)CCN1CCn2c(-c3ccc(OCc4ccccc4)cc3)cnc2C1=O. The van der Waals surface area contributed by atoms with Gasteiger partial charge in [-0.25, -0.2) is 4.98 Å². The number of hydrogen-bond acceptors (Lipinski definition) is 3. The highest BCUT2D eigenvalue weighted by molar-refractivity contribution is 5.92. The van der Waals surface area contributed by atoms with Crippen molar-refractivity contribution in [1.29, 1.82) is 0 Å². The van der Waals surface area contributed by atoms with Crippen molar-refractivity contribution in [3.05, 3.63) is 72.2 Å². The number of rotatable bonds is 7. The van der Waals surface area contributed by atoms with Crippen LogP contribution in [0.1, 0.15) is 36.5 Å². The Morgan fingerprint density at radius 1 is 1.03 bits per heavy atom. The molecule has 3 aromatic rings. The first kappa shape index (κ1) is 19.2. The van der Waals surface area contributed by atoms with E-state index < -0.39 is 0 Å². The van der Waals surface area contributed by atoms with Gasteiger partial charge in [-0.2, -0.15) is 0 Å². The predicted octanol–water partition coefficient (Wildman–Crippen LogP) is 4.63. The lowest BCUT2D eigenvalue weighted by atomic mass is 10.1. The molecule has 2 heterocycles.